The molecule has 2 unspecified atom stereocenters. The van der Waals surface area contributed by atoms with E-state index in [1.807, 2.05) is 48.5 Å². The molecule has 1 N–H and O–H groups in total. The summed E-state index contributed by atoms with van der Waals surface area (Å²) in [5.41, 5.74) is -0.898. The lowest BCUT2D eigenvalue weighted by Crippen LogP contribution is -2.55. The highest BCUT2D eigenvalue weighted by Crippen LogP contribution is 2.16. The molecule has 2 atom stereocenters. The average molecular weight is 463 g/mol. The maximum absolute atomic E-state index is 11.8. The molecular weight excluding hydrogens is 424 g/mol. The number of halogens is 1. The Balaban J connectivity index is 0.000000316. The normalized spacial score (nSPS) is 22.3. The monoisotopic (exact) mass is 462 g/mol. The van der Waals surface area contributed by atoms with E-state index in [9.17, 15) is 14.4 Å². The van der Waals surface area contributed by atoms with Crippen molar-refractivity contribution in [2.45, 2.75) is 78.7 Å². The molecule has 2 aliphatic rings. The summed E-state index contributed by atoms with van der Waals surface area (Å²) >= 11 is 5.44. The maximum Gasteiger partial charge on any atom is 0.410 e. The summed E-state index contributed by atoms with van der Waals surface area (Å²) in [5.74, 6) is 0. The zero-order valence-corrected chi connectivity index (χ0v) is 20.9. The summed E-state index contributed by atoms with van der Waals surface area (Å²) < 4.78 is 10.6. The van der Waals surface area contributed by atoms with Gasteiger partial charge in [0, 0.05) is 51.4 Å². The van der Waals surface area contributed by atoms with E-state index in [2.05, 4.69) is 12.2 Å². The van der Waals surface area contributed by atoms with Crippen molar-refractivity contribution in [2.75, 3.05) is 39.3 Å². The van der Waals surface area contributed by atoms with Crippen LogP contribution in [0.15, 0.2) is 0 Å². The summed E-state index contributed by atoms with van der Waals surface area (Å²) in [5, 5.41) is 2.81. The lowest BCUT2D eigenvalue weighted by molar-refractivity contribution is 0.0116. The second kappa shape index (κ2) is 11.2. The molecule has 0 aliphatic carbocycles. The van der Waals surface area contributed by atoms with Crippen LogP contribution in [-0.2, 0) is 9.47 Å². The predicted octanol–water partition coefficient (Wildman–Crippen LogP) is 3.50. The van der Waals surface area contributed by atoms with Gasteiger partial charge in [-0.05, 0) is 67.0 Å². The van der Waals surface area contributed by atoms with Crippen molar-refractivity contribution in [3.63, 3.8) is 0 Å². The molecule has 2 fully saturated rings. The molecule has 0 aromatic rings. The number of piperazine rings is 2. The van der Waals surface area contributed by atoms with E-state index in [-0.39, 0.29) is 18.2 Å². The number of hydrogen-bond acceptors (Lipinski definition) is 6. The lowest BCUT2D eigenvalue weighted by atomic mass is 10.2. The van der Waals surface area contributed by atoms with Gasteiger partial charge >= 0.3 is 17.6 Å². The van der Waals surface area contributed by atoms with Gasteiger partial charge in [-0.25, -0.2) is 9.59 Å². The van der Waals surface area contributed by atoms with Crippen LogP contribution in [0, 0.1) is 0 Å². The van der Waals surface area contributed by atoms with Gasteiger partial charge in [0.15, 0.2) is 0 Å². The largest absolute Gasteiger partial charge is 0.444 e. The lowest BCUT2D eigenvalue weighted by Gasteiger charge is -2.39. The van der Waals surface area contributed by atoms with E-state index >= 15 is 0 Å². The van der Waals surface area contributed by atoms with Crippen molar-refractivity contribution >= 4 is 29.2 Å². The summed E-state index contributed by atoms with van der Waals surface area (Å²) in [7, 11) is 0. The molecule has 0 aromatic carbocycles. The van der Waals surface area contributed by atoms with Crippen molar-refractivity contribution < 1.29 is 23.9 Å². The van der Waals surface area contributed by atoms with Crippen LogP contribution < -0.4 is 5.32 Å². The average Bonchev–Trinajstić information content (AvgIpc) is 2.59. The summed E-state index contributed by atoms with van der Waals surface area (Å²) in [6.07, 6.45) is -0.545. The zero-order chi connectivity index (χ0) is 24.0. The fraction of sp³-hybridized carbons (Fsp3) is 0.857. The Morgan fingerprint density at radius 1 is 0.839 bits per heavy atom. The molecule has 0 radical (unpaired) electrons. The summed E-state index contributed by atoms with van der Waals surface area (Å²) in [6, 6.07) is 0.275. The zero-order valence-electron chi connectivity index (χ0n) is 20.2. The topological polar surface area (TPSA) is 91.4 Å². The van der Waals surface area contributed by atoms with E-state index < -0.39 is 16.6 Å². The van der Waals surface area contributed by atoms with Crippen LogP contribution in [0.4, 0.5) is 14.4 Å². The van der Waals surface area contributed by atoms with Crippen LogP contribution in [0.1, 0.15) is 55.4 Å². The van der Waals surface area contributed by atoms with Crippen LogP contribution in [0.25, 0.3) is 0 Å². The Bertz CT molecular complexity index is 632. The molecule has 2 heterocycles. The minimum atomic E-state index is -0.500. The summed E-state index contributed by atoms with van der Waals surface area (Å²) in [6.45, 7) is 18.7. The fourth-order valence-electron chi connectivity index (χ4n) is 3.14. The number of carbonyl (C=O) groups excluding carboxylic acids is 3. The number of hydrogen-bond donors (Lipinski definition) is 1. The quantitative estimate of drug-likeness (QED) is 0.437. The van der Waals surface area contributed by atoms with Crippen molar-refractivity contribution in [1.29, 1.82) is 0 Å². The van der Waals surface area contributed by atoms with Gasteiger partial charge < -0.3 is 29.5 Å². The first-order valence-corrected chi connectivity index (χ1v) is 11.1. The van der Waals surface area contributed by atoms with E-state index in [4.69, 9.17) is 21.1 Å². The highest BCUT2D eigenvalue weighted by atomic mass is 35.5. The third kappa shape index (κ3) is 10.4. The molecule has 31 heavy (non-hydrogen) atoms. The number of rotatable bonds is 0. The molecule has 2 aliphatic heterocycles. The highest BCUT2D eigenvalue weighted by molar-refractivity contribution is 6.62. The Labute approximate surface area is 191 Å². The van der Waals surface area contributed by atoms with Crippen molar-refractivity contribution in [2.24, 2.45) is 0 Å². The number of carbonyl (C=O) groups is 3. The Morgan fingerprint density at radius 2 is 1.32 bits per heavy atom. The van der Waals surface area contributed by atoms with Crippen molar-refractivity contribution in [3.05, 3.63) is 0 Å². The molecule has 0 saturated carbocycles. The molecule has 9 nitrogen and oxygen atoms in total. The second-order valence-electron chi connectivity index (χ2n) is 10.0. The number of amides is 3. The third-order valence-corrected chi connectivity index (χ3v) is 4.74. The third-order valence-electron chi connectivity index (χ3n) is 4.53. The molecule has 0 aromatic heterocycles. The number of nitrogens with one attached hydrogen (secondary N) is 1. The molecule has 3 amide bonds. The van der Waals surface area contributed by atoms with Crippen LogP contribution in [0.5, 0.6) is 0 Å². The van der Waals surface area contributed by atoms with Gasteiger partial charge in [-0.15, -0.1) is 0 Å². The molecular formula is C21H39ClN4O5. The predicted molar refractivity (Wildman–Crippen MR) is 120 cm³/mol. The first kappa shape index (κ1) is 27.3. The van der Waals surface area contributed by atoms with Gasteiger partial charge in [-0.2, -0.15) is 0 Å². The van der Waals surface area contributed by atoms with Gasteiger partial charge in [-0.1, -0.05) is 0 Å². The minimum Gasteiger partial charge on any atom is -0.444 e. The van der Waals surface area contributed by atoms with Crippen molar-refractivity contribution in [3.8, 4) is 0 Å². The first-order valence-electron chi connectivity index (χ1n) is 10.7. The van der Waals surface area contributed by atoms with Crippen LogP contribution in [-0.4, -0.2) is 94.8 Å². The van der Waals surface area contributed by atoms with Crippen LogP contribution in [0.2, 0.25) is 0 Å². The van der Waals surface area contributed by atoms with Crippen LogP contribution in [0.3, 0.4) is 0 Å². The maximum atomic E-state index is 11.8. The van der Waals surface area contributed by atoms with E-state index in [0.717, 1.165) is 19.6 Å². The van der Waals surface area contributed by atoms with Crippen LogP contribution >= 0.6 is 11.6 Å². The molecule has 180 valence electrons. The van der Waals surface area contributed by atoms with Gasteiger partial charge in [0.25, 0.3) is 0 Å². The fourth-order valence-corrected chi connectivity index (χ4v) is 3.39. The second-order valence-corrected chi connectivity index (χ2v) is 10.3. The first-order chi connectivity index (χ1) is 14.1. The number of ether oxygens (including phenoxy) is 2. The summed E-state index contributed by atoms with van der Waals surface area (Å²) in [4.78, 5) is 39.4. The van der Waals surface area contributed by atoms with Gasteiger partial charge in [0.1, 0.15) is 11.2 Å². The molecule has 2 saturated heterocycles. The van der Waals surface area contributed by atoms with Crippen molar-refractivity contribution in [1.82, 2.24) is 20.0 Å². The van der Waals surface area contributed by atoms with Gasteiger partial charge in [-0.3, -0.25) is 4.79 Å². The Kier molecular flexibility index (Phi) is 9.88. The smallest absolute Gasteiger partial charge is 0.410 e. The molecule has 2 rings (SSSR count). The van der Waals surface area contributed by atoms with E-state index in [0.29, 0.717) is 25.7 Å². The Morgan fingerprint density at radius 3 is 1.71 bits per heavy atom. The number of nitrogens with zero attached hydrogens (tertiary/aromatic N) is 3. The standard InChI is InChI=1S/C11H19ClN2O3.C10H20N2O2/c1-8-7-13(5-6-14(8)9(12)15)10(16)17-11(2,3)4;1-8-7-12(6-5-11-8)9(13)14-10(2,3)4/h8H,5-7H2,1-4H3;8,11H,5-7H2,1-4H3. The SMILES string of the molecule is CC1CN(C(=O)OC(C)(C)C)CCN1.CC1CN(C(=O)OC(C)(C)C)CCN1C(=O)Cl. The van der Waals surface area contributed by atoms with E-state index in [1.54, 1.807) is 14.7 Å². The molecule has 10 heteroatoms. The molecule has 0 bridgehead atoms. The van der Waals surface area contributed by atoms with E-state index in [1.165, 1.54) is 0 Å². The molecule has 0 spiro atoms. The Hall–Kier alpha value is -1.74. The van der Waals surface area contributed by atoms with Gasteiger partial charge in [0.2, 0.25) is 0 Å². The highest BCUT2D eigenvalue weighted by Gasteiger charge is 2.31. The minimum absolute atomic E-state index is 0.0822. The van der Waals surface area contributed by atoms with Gasteiger partial charge in [0.05, 0.1) is 0 Å².